The molecule has 0 radical (unpaired) electrons. The highest BCUT2D eigenvalue weighted by molar-refractivity contribution is 5.98. The van der Waals surface area contributed by atoms with Crippen LogP contribution in [0.25, 0.3) is 5.69 Å². The van der Waals surface area contributed by atoms with Crippen LogP contribution >= 0.6 is 0 Å². The first kappa shape index (κ1) is 12.7. The Morgan fingerprint density at radius 1 is 1.40 bits per heavy atom. The third-order valence-electron chi connectivity index (χ3n) is 3.65. The molecule has 7 nitrogen and oxygen atoms in total. The summed E-state index contributed by atoms with van der Waals surface area (Å²) in [5.41, 5.74) is 6.82. The number of carbonyl (C=O) groups is 1. The van der Waals surface area contributed by atoms with Gasteiger partial charge in [-0.05, 0) is 60.4 Å². The second-order valence-electron chi connectivity index (χ2n) is 5.31. The van der Waals surface area contributed by atoms with Crippen molar-refractivity contribution in [2.75, 3.05) is 5.32 Å². The molecule has 1 amide bonds. The Labute approximate surface area is 116 Å². The zero-order valence-corrected chi connectivity index (χ0v) is 11.2. The van der Waals surface area contributed by atoms with Crippen LogP contribution in [-0.2, 0) is 4.79 Å². The van der Waals surface area contributed by atoms with E-state index in [2.05, 4.69) is 20.8 Å². The topological polar surface area (TPSA) is 98.7 Å². The summed E-state index contributed by atoms with van der Waals surface area (Å²) < 4.78 is 1.54. The van der Waals surface area contributed by atoms with Crippen molar-refractivity contribution in [3.63, 3.8) is 0 Å². The van der Waals surface area contributed by atoms with Gasteiger partial charge in [0.05, 0.1) is 11.2 Å². The maximum atomic E-state index is 12.2. The van der Waals surface area contributed by atoms with Crippen LogP contribution in [0.4, 0.5) is 5.69 Å². The highest BCUT2D eigenvalue weighted by Gasteiger charge is 2.44. The van der Waals surface area contributed by atoms with E-state index in [1.807, 2.05) is 12.1 Å². The van der Waals surface area contributed by atoms with Crippen LogP contribution in [0.3, 0.4) is 0 Å². The number of rotatable bonds is 4. The van der Waals surface area contributed by atoms with Crippen molar-refractivity contribution >= 4 is 11.6 Å². The van der Waals surface area contributed by atoms with Gasteiger partial charge in [-0.3, -0.25) is 4.79 Å². The number of anilines is 1. The van der Waals surface area contributed by atoms with Gasteiger partial charge in [-0.25, -0.2) is 4.68 Å². The second kappa shape index (κ2) is 4.68. The predicted octanol–water partition coefficient (Wildman–Crippen LogP) is 0.728. The van der Waals surface area contributed by atoms with Crippen LogP contribution in [0.5, 0.6) is 0 Å². The van der Waals surface area contributed by atoms with Crippen molar-refractivity contribution in [3.8, 4) is 5.69 Å². The Kier molecular flexibility index (Phi) is 2.98. The molecule has 0 bridgehead atoms. The fraction of sp³-hybridized carbons (Fsp3) is 0.385. The van der Waals surface area contributed by atoms with E-state index >= 15 is 0 Å². The van der Waals surface area contributed by atoms with Crippen LogP contribution in [0, 0.1) is 5.92 Å². The van der Waals surface area contributed by atoms with Crippen LogP contribution in [-0.4, -0.2) is 31.7 Å². The maximum Gasteiger partial charge on any atom is 0.244 e. The number of amides is 1. The van der Waals surface area contributed by atoms with E-state index in [1.54, 1.807) is 23.7 Å². The van der Waals surface area contributed by atoms with E-state index < -0.39 is 5.54 Å². The summed E-state index contributed by atoms with van der Waals surface area (Å²) >= 11 is 0. The largest absolute Gasteiger partial charge is 0.324 e. The fourth-order valence-electron chi connectivity index (χ4n) is 2.11. The Morgan fingerprint density at radius 3 is 2.65 bits per heavy atom. The molecule has 1 saturated carbocycles. The number of carbonyl (C=O) groups excluding carboxylic acids is 1. The van der Waals surface area contributed by atoms with Gasteiger partial charge in [-0.1, -0.05) is 0 Å². The molecule has 1 unspecified atom stereocenters. The minimum Gasteiger partial charge on any atom is -0.324 e. The maximum absolute atomic E-state index is 12.2. The summed E-state index contributed by atoms with van der Waals surface area (Å²) in [5.74, 6) is 0.151. The lowest BCUT2D eigenvalue weighted by Crippen LogP contribution is -2.50. The van der Waals surface area contributed by atoms with Crippen molar-refractivity contribution in [1.29, 1.82) is 0 Å². The molecule has 3 N–H and O–H groups in total. The van der Waals surface area contributed by atoms with Crippen molar-refractivity contribution in [1.82, 2.24) is 20.2 Å². The number of nitrogens with one attached hydrogen (secondary N) is 1. The van der Waals surface area contributed by atoms with E-state index in [0.717, 1.165) is 18.5 Å². The van der Waals surface area contributed by atoms with E-state index in [0.29, 0.717) is 11.6 Å². The molecule has 2 aromatic rings. The minimum absolute atomic E-state index is 0.143. The lowest BCUT2D eigenvalue weighted by atomic mass is 9.96. The van der Waals surface area contributed by atoms with Gasteiger partial charge in [0, 0.05) is 5.69 Å². The second-order valence-corrected chi connectivity index (χ2v) is 5.31. The molecule has 1 aromatic carbocycles. The van der Waals surface area contributed by atoms with Gasteiger partial charge in [0.1, 0.15) is 6.33 Å². The van der Waals surface area contributed by atoms with Crippen LogP contribution < -0.4 is 11.1 Å². The quantitative estimate of drug-likeness (QED) is 0.854. The Balaban J connectivity index is 1.71. The summed E-state index contributed by atoms with van der Waals surface area (Å²) in [4.78, 5) is 12.2. The summed E-state index contributed by atoms with van der Waals surface area (Å²) in [7, 11) is 0. The number of tetrazole rings is 1. The zero-order chi connectivity index (χ0) is 14.2. The third-order valence-corrected chi connectivity index (χ3v) is 3.65. The standard InChI is InChI=1S/C13H16N6O/c1-13(14,9-2-3-9)12(20)16-10-4-6-11(7-5-10)19-8-15-17-18-19/h4-9H,2-3,14H2,1H3,(H,16,20). The normalized spacial score (nSPS) is 17.5. The highest BCUT2D eigenvalue weighted by Crippen LogP contribution is 2.38. The van der Waals surface area contributed by atoms with Gasteiger partial charge in [-0.2, -0.15) is 0 Å². The fourth-order valence-corrected chi connectivity index (χ4v) is 2.11. The summed E-state index contributed by atoms with van der Waals surface area (Å²) in [6.07, 6.45) is 3.56. The Bertz CT molecular complexity index is 600. The molecule has 1 aliphatic carbocycles. The Hall–Kier alpha value is -2.28. The van der Waals surface area contributed by atoms with Crippen molar-refractivity contribution in [2.24, 2.45) is 11.7 Å². The molecule has 3 rings (SSSR count). The molecule has 0 aliphatic heterocycles. The minimum atomic E-state index is -0.797. The zero-order valence-electron chi connectivity index (χ0n) is 11.2. The molecule has 1 aromatic heterocycles. The summed E-state index contributed by atoms with van der Waals surface area (Å²) in [5, 5.41) is 13.8. The molecule has 1 heterocycles. The van der Waals surface area contributed by atoms with Crippen LogP contribution in [0.2, 0.25) is 0 Å². The third kappa shape index (κ3) is 2.39. The molecule has 20 heavy (non-hydrogen) atoms. The molecule has 0 spiro atoms. The first-order valence-electron chi connectivity index (χ1n) is 6.51. The number of nitrogens with zero attached hydrogens (tertiary/aromatic N) is 4. The molecule has 1 fully saturated rings. The van der Waals surface area contributed by atoms with E-state index in [9.17, 15) is 4.79 Å². The van der Waals surface area contributed by atoms with Crippen LogP contribution in [0.15, 0.2) is 30.6 Å². The molecular weight excluding hydrogens is 256 g/mol. The molecule has 104 valence electrons. The number of nitrogens with two attached hydrogens (primary N) is 1. The molecule has 1 atom stereocenters. The SMILES string of the molecule is CC(N)(C(=O)Nc1ccc(-n2cnnn2)cc1)C1CC1. The van der Waals surface area contributed by atoms with Gasteiger partial charge < -0.3 is 11.1 Å². The van der Waals surface area contributed by atoms with Crippen molar-refractivity contribution in [3.05, 3.63) is 30.6 Å². The highest BCUT2D eigenvalue weighted by atomic mass is 16.2. The molecule has 0 saturated heterocycles. The average Bonchev–Trinajstić information content (AvgIpc) is 3.17. The summed E-state index contributed by atoms with van der Waals surface area (Å²) in [6.45, 7) is 1.79. The molecule has 1 aliphatic rings. The van der Waals surface area contributed by atoms with E-state index in [-0.39, 0.29) is 5.91 Å². The van der Waals surface area contributed by atoms with Gasteiger partial charge in [0.2, 0.25) is 5.91 Å². The Morgan fingerprint density at radius 2 is 2.10 bits per heavy atom. The molecule has 7 heteroatoms. The van der Waals surface area contributed by atoms with E-state index in [1.165, 1.54) is 6.33 Å². The number of hydrogen-bond acceptors (Lipinski definition) is 5. The van der Waals surface area contributed by atoms with Gasteiger partial charge in [-0.15, -0.1) is 5.10 Å². The van der Waals surface area contributed by atoms with Crippen molar-refractivity contribution in [2.45, 2.75) is 25.3 Å². The summed E-state index contributed by atoms with van der Waals surface area (Å²) in [6, 6.07) is 7.27. The van der Waals surface area contributed by atoms with Crippen molar-refractivity contribution < 1.29 is 4.79 Å². The first-order chi connectivity index (χ1) is 9.57. The smallest absolute Gasteiger partial charge is 0.244 e. The lowest BCUT2D eigenvalue weighted by Gasteiger charge is -2.23. The predicted molar refractivity (Wildman–Crippen MR) is 73.1 cm³/mol. The monoisotopic (exact) mass is 272 g/mol. The number of benzene rings is 1. The number of hydrogen-bond donors (Lipinski definition) is 2. The van der Waals surface area contributed by atoms with Gasteiger partial charge in [0.25, 0.3) is 0 Å². The lowest BCUT2D eigenvalue weighted by molar-refractivity contribution is -0.121. The van der Waals surface area contributed by atoms with Gasteiger partial charge >= 0.3 is 0 Å². The van der Waals surface area contributed by atoms with Gasteiger partial charge in [0.15, 0.2) is 0 Å². The molecular formula is C13H16N6O. The van der Waals surface area contributed by atoms with Crippen LogP contribution in [0.1, 0.15) is 19.8 Å². The average molecular weight is 272 g/mol. The number of aromatic nitrogens is 4. The first-order valence-corrected chi connectivity index (χ1v) is 6.51. The van der Waals surface area contributed by atoms with E-state index in [4.69, 9.17) is 5.73 Å².